The van der Waals surface area contributed by atoms with Crippen molar-refractivity contribution < 1.29 is 9.47 Å². The zero-order valence-electron chi connectivity index (χ0n) is 17.0. The van der Waals surface area contributed by atoms with Crippen molar-refractivity contribution in [3.8, 4) is 45.9 Å². The molecule has 0 bridgehead atoms. The zero-order valence-corrected chi connectivity index (χ0v) is 17.0. The molecule has 5 rings (SSSR count). The SMILES string of the molecule is [N-]=[N+]=Nc1cc2c(cc1-c1c(-c3ccccc3)ncn1CC#Cc1ccccc1)OCO2. The summed E-state index contributed by atoms with van der Waals surface area (Å²) in [6.07, 6.45) is 1.75. The van der Waals surface area contributed by atoms with Crippen LogP contribution in [0.15, 0.2) is 84.2 Å². The van der Waals surface area contributed by atoms with Gasteiger partial charge in [-0.25, -0.2) is 4.98 Å². The first kappa shape index (κ1) is 19.3. The molecule has 0 saturated heterocycles. The second-order valence-corrected chi connectivity index (χ2v) is 7.02. The summed E-state index contributed by atoms with van der Waals surface area (Å²) in [4.78, 5) is 7.68. The highest BCUT2D eigenvalue weighted by atomic mass is 16.7. The molecule has 0 N–H and O–H groups in total. The molecule has 1 aliphatic heterocycles. The number of nitrogens with zero attached hydrogens (tertiary/aromatic N) is 5. The second-order valence-electron chi connectivity index (χ2n) is 7.02. The average molecular weight is 419 g/mol. The van der Waals surface area contributed by atoms with Crippen LogP contribution < -0.4 is 9.47 Å². The van der Waals surface area contributed by atoms with Gasteiger partial charge < -0.3 is 14.0 Å². The largest absolute Gasteiger partial charge is 0.454 e. The summed E-state index contributed by atoms with van der Waals surface area (Å²) in [5, 5.41) is 3.91. The summed E-state index contributed by atoms with van der Waals surface area (Å²) in [5.41, 5.74) is 13.7. The fraction of sp³-hybridized carbons (Fsp3) is 0.0800. The number of aromatic nitrogens is 2. The Morgan fingerprint density at radius 1 is 1.00 bits per heavy atom. The van der Waals surface area contributed by atoms with Gasteiger partial charge in [0.1, 0.15) is 0 Å². The molecule has 0 atom stereocenters. The first-order chi connectivity index (χ1) is 15.8. The molecule has 2 heterocycles. The van der Waals surface area contributed by atoms with E-state index < -0.39 is 0 Å². The maximum Gasteiger partial charge on any atom is 0.231 e. The molecule has 1 aromatic heterocycles. The lowest BCUT2D eigenvalue weighted by molar-refractivity contribution is 0.174. The van der Waals surface area contributed by atoms with E-state index in [9.17, 15) is 0 Å². The van der Waals surface area contributed by atoms with Gasteiger partial charge in [-0.05, 0) is 29.8 Å². The first-order valence-electron chi connectivity index (χ1n) is 9.97. The van der Waals surface area contributed by atoms with Gasteiger partial charge >= 0.3 is 0 Å². The minimum absolute atomic E-state index is 0.127. The van der Waals surface area contributed by atoms with Crippen LogP contribution in [0.5, 0.6) is 11.5 Å². The van der Waals surface area contributed by atoms with E-state index in [0.717, 1.165) is 22.5 Å². The van der Waals surface area contributed by atoms with E-state index in [4.69, 9.17) is 15.0 Å². The quantitative estimate of drug-likeness (QED) is 0.178. The molecule has 7 nitrogen and oxygen atoms in total. The molecule has 7 heteroatoms. The average Bonchev–Trinajstić information content (AvgIpc) is 3.46. The maximum atomic E-state index is 9.15. The molecule has 154 valence electrons. The number of hydrogen-bond donors (Lipinski definition) is 0. The molecular weight excluding hydrogens is 402 g/mol. The van der Waals surface area contributed by atoms with Gasteiger partial charge in [0.2, 0.25) is 6.79 Å². The summed E-state index contributed by atoms with van der Waals surface area (Å²) in [7, 11) is 0. The third-order valence-corrected chi connectivity index (χ3v) is 5.04. The normalized spacial score (nSPS) is 11.4. The fourth-order valence-electron chi connectivity index (χ4n) is 3.59. The lowest BCUT2D eigenvalue weighted by atomic mass is 10.0. The van der Waals surface area contributed by atoms with Crippen molar-refractivity contribution in [1.82, 2.24) is 9.55 Å². The van der Waals surface area contributed by atoms with Gasteiger partial charge in [0.25, 0.3) is 0 Å². The predicted octanol–water partition coefficient (Wildman–Crippen LogP) is 5.94. The van der Waals surface area contributed by atoms with Crippen molar-refractivity contribution in [3.63, 3.8) is 0 Å². The lowest BCUT2D eigenvalue weighted by Crippen LogP contribution is -1.98. The van der Waals surface area contributed by atoms with Crippen LogP contribution in [-0.2, 0) is 6.54 Å². The summed E-state index contributed by atoms with van der Waals surface area (Å²) >= 11 is 0. The van der Waals surface area contributed by atoms with Crippen LogP contribution >= 0.6 is 0 Å². The van der Waals surface area contributed by atoms with Crippen LogP contribution in [0.4, 0.5) is 5.69 Å². The Labute approximate surface area is 184 Å². The van der Waals surface area contributed by atoms with Gasteiger partial charge in [-0.1, -0.05) is 65.5 Å². The molecule has 0 spiro atoms. The molecule has 4 aromatic rings. The number of rotatable bonds is 4. The lowest BCUT2D eigenvalue weighted by Gasteiger charge is -2.12. The number of fused-ring (bicyclic) bond motifs is 1. The van der Waals surface area contributed by atoms with Crippen LogP contribution in [0.25, 0.3) is 33.0 Å². The maximum absolute atomic E-state index is 9.15. The van der Waals surface area contributed by atoms with Crippen LogP contribution in [0.3, 0.4) is 0 Å². The Kier molecular flexibility index (Phi) is 5.19. The molecule has 3 aromatic carbocycles. The van der Waals surface area contributed by atoms with Crippen LogP contribution in [0.2, 0.25) is 0 Å². The van der Waals surface area contributed by atoms with E-state index in [1.807, 2.05) is 71.3 Å². The van der Waals surface area contributed by atoms with Gasteiger partial charge in [0.05, 0.1) is 29.9 Å². The van der Waals surface area contributed by atoms with Gasteiger partial charge in [-0.15, -0.1) is 0 Å². The van der Waals surface area contributed by atoms with Crippen molar-refractivity contribution in [2.45, 2.75) is 6.54 Å². The van der Waals surface area contributed by atoms with Crippen LogP contribution in [0, 0.1) is 11.8 Å². The zero-order chi connectivity index (χ0) is 21.8. The molecular formula is C25H17N5O2. The van der Waals surface area contributed by atoms with Gasteiger partial charge in [0.15, 0.2) is 11.5 Å². The minimum atomic E-state index is 0.127. The Morgan fingerprint density at radius 3 is 2.47 bits per heavy atom. The number of benzene rings is 3. The Balaban J connectivity index is 1.66. The van der Waals surface area contributed by atoms with Gasteiger partial charge in [-0.3, -0.25) is 0 Å². The van der Waals surface area contributed by atoms with Crippen molar-refractivity contribution >= 4 is 5.69 Å². The highest BCUT2D eigenvalue weighted by molar-refractivity contribution is 5.86. The molecule has 0 saturated carbocycles. The minimum Gasteiger partial charge on any atom is -0.454 e. The highest BCUT2D eigenvalue weighted by Gasteiger charge is 2.22. The molecule has 0 fully saturated rings. The summed E-state index contributed by atoms with van der Waals surface area (Å²) in [5.74, 6) is 7.53. The fourth-order valence-corrected chi connectivity index (χ4v) is 3.59. The molecule has 0 amide bonds. The summed E-state index contributed by atoms with van der Waals surface area (Å²) in [6, 6.07) is 23.2. The van der Waals surface area contributed by atoms with E-state index in [1.165, 1.54) is 0 Å². The van der Waals surface area contributed by atoms with Crippen LogP contribution in [-0.4, -0.2) is 16.3 Å². The smallest absolute Gasteiger partial charge is 0.231 e. The third-order valence-electron chi connectivity index (χ3n) is 5.04. The molecule has 0 unspecified atom stereocenters. The van der Waals surface area contributed by atoms with E-state index in [-0.39, 0.29) is 6.79 Å². The highest BCUT2D eigenvalue weighted by Crippen LogP contribution is 2.45. The second kappa shape index (κ2) is 8.60. The molecule has 1 aliphatic rings. The summed E-state index contributed by atoms with van der Waals surface area (Å²) in [6.45, 7) is 0.538. The van der Waals surface area contributed by atoms with Gasteiger partial charge in [-0.2, -0.15) is 0 Å². The Morgan fingerprint density at radius 2 is 1.72 bits per heavy atom. The van der Waals surface area contributed by atoms with Crippen molar-refractivity contribution in [1.29, 1.82) is 0 Å². The van der Waals surface area contributed by atoms with Gasteiger partial charge in [0, 0.05) is 21.6 Å². The number of imidazole rings is 1. The Bertz CT molecular complexity index is 1380. The molecule has 0 radical (unpaired) electrons. The van der Waals surface area contributed by atoms with Crippen molar-refractivity contribution in [3.05, 3.63) is 95.1 Å². The molecule has 32 heavy (non-hydrogen) atoms. The first-order valence-corrected chi connectivity index (χ1v) is 9.97. The van der Waals surface area contributed by atoms with E-state index in [0.29, 0.717) is 29.3 Å². The number of azide groups is 1. The number of hydrogen-bond acceptors (Lipinski definition) is 4. The Hall–Kier alpha value is -4.66. The van der Waals surface area contributed by atoms with E-state index >= 15 is 0 Å². The van der Waals surface area contributed by atoms with Crippen molar-refractivity contribution in [2.24, 2.45) is 5.11 Å². The molecule has 0 aliphatic carbocycles. The van der Waals surface area contributed by atoms with E-state index in [2.05, 4.69) is 26.9 Å². The topological polar surface area (TPSA) is 85.0 Å². The van der Waals surface area contributed by atoms with Crippen LogP contribution in [0.1, 0.15) is 5.56 Å². The van der Waals surface area contributed by atoms with E-state index in [1.54, 1.807) is 12.4 Å². The third kappa shape index (κ3) is 3.74. The van der Waals surface area contributed by atoms with Crippen molar-refractivity contribution in [2.75, 3.05) is 6.79 Å². The standard InChI is InChI=1S/C25H17N5O2/c26-29-28-21-15-23-22(31-17-32-23)14-20(21)25-24(19-11-5-2-6-12-19)27-16-30(25)13-7-10-18-8-3-1-4-9-18/h1-6,8-9,11-12,14-16H,13,17H2. The predicted molar refractivity (Wildman–Crippen MR) is 121 cm³/mol. The monoisotopic (exact) mass is 419 g/mol. The number of ether oxygens (including phenoxy) is 2. The summed E-state index contributed by atoms with van der Waals surface area (Å²) < 4.78 is 13.0.